The van der Waals surface area contributed by atoms with Crippen molar-refractivity contribution in [1.82, 2.24) is 9.55 Å². The van der Waals surface area contributed by atoms with E-state index in [0.717, 1.165) is 0 Å². The largest absolute Gasteiger partial charge is 0.530 e. The molecule has 3 aromatic carbocycles. The van der Waals surface area contributed by atoms with Crippen molar-refractivity contribution in [3.63, 3.8) is 0 Å². The molecule has 0 atom stereocenters. The zero-order valence-corrected chi connectivity index (χ0v) is 17.9. The smallest absolute Gasteiger partial charge is 0.344 e. The van der Waals surface area contributed by atoms with E-state index in [4.69, 9.17) is 0 Å². The highest BCUT2D eigenvalue weighted by Crippen LogP contribution is 2.40. The number of nitrogens with zero attached hydrogens (tertiary/aromatic N) is 2. The molecule has 26 heavy (non-hydrogen) atoms. The summed E-state index contributed by atoms with van der Waals surface area (Å²) in [5, 5.41) is 0. The van der Waals surface area contributed by atoms with Crippen LogP contribution in [0.2, 0.25) is 0 Å². The molecule has 0 spiro atoms. The van der Waals surface area contributed by atoms with E-state index in [9.17, 15) is 0 Å². The summed E-state index contributed by atoms with van der Waals surface area (Å²) in [5.74, 6) is 0. The number of benzene rings is 3. The van der Waals surface area contributed by atoms with Gasteiger partial charge >= 0.3 is 16.5 Å². The molecule has 0 amide bonds. The third-order valence-electron chi connectivity index (χ3n) is 4.79. The third kappa shape index (κ3) is 3.00. The van der Waals surface area contributed by atoms with Crippen LogP contribution < -0.4 is 3.82 Å². The summed E-state index contributed by atoms with van der Waals surface area (Å²) < 4.78 is 3.72. The van der Waals surface area contributed by atoms with Crippen molar-refractivity contribution in [3.05, 3.63) is 120 Å². The van der Waals surface area contributed by atoms with Crippen molar-refractivity contribution in [1.29, 1.82) is 0 Å². The maximum Gasteiger partial charge on any atom is 0.530 e. The molecule has 2 nitrogen and oxygen atoms in total. The van der Waals surface area contributed by atoms with E-state index in [2.05, 4.69) is 119 Å². The molecule has 1 heterocycles. The van der Waals surface area contributed by atoms with Gasteiger partial charge in [-0.2, -0.15) is 0 Å². The van der Waals surface area contributed by atoms with Crippen LogP contribution in [0.1, 0.15) is 16.7 Å². The second-order valence-corrected chi connectivity index (χ2v) is 9.48. The number of aromatic nitrogens is 2. The van der Waals surface area contributed by atoms with Gasteiger partial charge in [-0.3, -0.25) is 18.9 Å². The highest BCUT2D eigenvalue weighted by atomic mass is 127. The third-order valence-corrected chi connectivity index (χ3v) is 7.93. The number of hydrogen-bond acceptors (Lipinski definition) is 1. The molecular formula is C22H17IMgN2. The maximum atomic E-state index is 4.53. The Bertz CT molecular complexity index is 872. The first-order valence-corrected chi connectivity index (χ1v) is 14.4. The van der Waals surface area contributed by atoms with Crippen LogP contribution in [0.5, 0.6) is 0 Å². The van der Waals surface area contributed by atoms with Gasteiger partial charge in [0.25, 0.3) is 0 Å². The molecule has 0 unspecified atom stereocenters. The summed E-state index contributed by atoms with van der Waals surface area (Å²) in [7, 11) is 0. The van der Waals surface area contributed by atoms with Crippen LogP contribution in [-0.4, -0.2) is 26.0 Å². The fourth-order valence-electron chi connectivity index (χ4n) is 3.68. The number of halogens is 1. The molecule has 0 aliphatic heterocycles. The average molecular weight is 461 g/mol. The minimum Gasteiger partial charge on any atom is -0.344 e. The van der Waals surface area contributed by atoms with Crippen molar-refractivity contribution < 1.29 is 0 Å². The fourth-order valence-corrected chi connectivity index (χ4v) is 5.99. The molecule has 4 heteroatoms. The Labute approximate surface area is 173 Å². The molecule has 0 bridgehead atoms. The molecular weight excluding hydrogens is 443 g/mol. The van der Waals surface area contributed by atoms with Gasteiger partial charge in [0.1, 0.15) is 5.54 Å². The molecule has 124 valence electrons. The van der Waals surface area contributed by atoms with E-state index in [1.54, 1.807) is 0 Å². The Hall–Kier alpha value is -1.63. The molecule has 0 aliphatic rings. The van der Waals surface area contributed by atoms with Crippen LogP contribution >= 0.6 is 18.9 Å². The van der Waals surface area contributed by atoms with Gasteiger partial charge in [-0.25, -0.2) is 4.98 Å². The fraction of sp³-hybridized carbons (Fsp3) is 0.0455. The highest BCUT2D eigenvalue weighted by molar-refractivity contribution is 14.1. The Morgan fingerprint density at radius 3 is 1.50 bits per heavy atom. The molecule has 0 aliphatic carbocycles. The van der Waals surface area contributed by atoms with Crippen molar-refractivity contribution in [2.75, 3.05) is 0 Å². The monoisotopic (exact) mass is 460 g/mol. The minimum atomic E-state index is -0.423. The standard InChI is InChI=1S/C22H17N2.HI.Mg/c1-4-10-19(11-5-1)22(24-17-16-23-18-24,20-12-6-2-7-13-20)21-14-8-3-9-15-21;;/h1-16,18H;1H;/q;;+1/p-1. The van der Waals surface area contributed by atoms with Gasteiger partial charge < -0.3 is 4.57 Å². The van der Waals surface area contributed by atoms with Crippen LogP contribution in [0.3, 0.4) is 0 Å². The first-order valence-electron chi connectivity index (χ1n) is 8.61. The van der Waals surface area contributed by atoms with E-state index in [1.165, 1.54) is 20.5 Å². The molecule has 0 saturated carbocycles. The first-order chi connectivity index (χ1) is 12.9. The molecule has 4 aromatic rings. The summed E-state index contributed by atoms with van der Waals surface area (Å²) in [6.07, 6.45) is 4.02. The number of imidazole rings is 1. The molecule has 1 aromatic heterocycles. The summed E-state index contributed by atoms with van der Waals surface area (Å²) in [6, 6.07) is 32.3. The van der Waals surface area contributed by atoms with Crippen LogP contribution in [0.25, 0.3) is 0 Å². The van der Waals surface area contributed by atoms with Gasteiger partial charge in [-0.1, -0.05) is 94.8 Å². The Kier molecular flexibility index (Phi) is 5.43. The van der Waals surface area contributed by atoms with Gasteiger partial charge in [-0.05, 0) is 16.7 Å². The van der Waals surface area contributed by atoms with Crippen LogP contribution in [0, 0.1) is 0 Å². The highest BCUT2D eigenvalue weighted by Gasteiger charge is 2.38. The lowest BCUT2D eigenvalue weighted by Crippen LogP contribution is -2.43. The lowest BCUT2D eigenvalue weighted by Gasteiger charge is -2.39. The topological polar surface area (TPSA) is 17.8 Å². The molecule has 0 radical (unpaired) electrons. The molecule has 0 saturated heterocycles. The predicted octanol–water partition coefficient (Wildman–Crippen LogP) is 4.40. The SMILES string of the molecule is [I][Mg][c]1cncn1C(c1ccccc1)(c1ccccc1)c1ccccc1. The lowest BCUT2D eigenvalue weighted by molar-refractivity contribution is 0.525. The van der Waals surface area contributed by atoms with Crippen LogP contribution in [0.4, 0.5) is 0 Å². The Morgan fingerprint density at radius 1 is 0.692 bits per heavy atom. The summed E-state index contributed by atoms with van der Waals surface area (Å²) in [4.78, 5) is 4.53. The summed E-state index contributed by atoms with van der Waals surface area (Å²) >= 11 is 2.13. The van der Waals surface area contributed by atoms with Crippen LogP contribution in [0.15, 0.2) is 104 Å². The second kappa shape index (κ2) is 7.94. The van der Waals surface area contributed by atoms with Crippen molar-refractivity contribution >= 4 is 39.2 Å². The van der Waals surface area contributed by atoms with Crippen LogP contribution in [-0.2, 0) is 5.54 Å². The zero-order valence-electron chi connectivity index (χ0n) is 14.3. The van der Waals surface area contributed by atoms with E-state index >= 15 is 0 Å². The minimum absolute atomic E-state index is 0.419. The normalized spacial score (nSPS) is 11.1. The Morgan fingerprint density at radius 2 is 1.12 bits per heavy atom. The zero-order chi connectivity index (χ0) is 17.8. The average Bonchev–Trinajstić information content (AvgIpc) is 3.20. The van der Waals surface area contributed by atoms with E-state index in [-0.39, 0.29) is 0 Å². The van der Waals surface area contributed by atoms with Crippen molar-refractivity contribution in [3.8, 4) is 0 Å². The quantitative estimate of drug-likeness (QED) is 0.245. The molecule has 0 fully saturated rings. The van der Waals surface area contributed by atoms with Gasteiger partial charge in [0, 0.05) is 6.20 Å². The summed E-state index contributed by atoms with van der Waals surface area (Å²) in [5.41, 5.74) is 3.31. The predicted molar refractivity (Wildman–Crippen MR) is 116 cm³/mol. The molecule has 0 N–H and O–H groups in total. The van der Waals surface area contributed by atoms with Gasteiger partial charge in [-0.15, -0.1) is 0 Å². The van der Waals surface area contributed by atoms with E-state index in [1.807, 2.05) is 12.5 Å². The van der Waals surface area contributed by atoms with Gasteiger partial charge in [0.15, 0.2) is 0 Å². The summed E-state index contributed by atoms with van der Waals surface area (Å²) in [6.45, 7) is 0. The van der Waals surface area contributed by atoms with Crippen molar-refractivity contribution in [2.45, 2.75) is 5.54 Å². The molecule has 4 rings (SSSR count). The van der Waals surface area contributed by atoms with E-state index < -0.39 is 22.0 Å². The Balaban J connectivity index is 2.15. The van der Waals surface area contributed by atoms with Gasteiger partial charge in [0.2, 0.25) is 0 Å². The number of rotatable bonds is 5. The maximum absolute atomic E-state index is 4.53. The first kappa shape index (κ1) is 17.8. The van der Waals surface area contributed by atoms with Gasteiger partial charge in [0.05, 0.1) is 6.33 Å². The van der Waals surface area contributed by atoms with Crippen molar-refractivity contribution in [2.24, 2.45) is 0 Å². The second-order valence-electron chi connectivity index (χ2n) is 6.20. The number of hydrogen-bond donors (Lipinski definition) is 0. The van der Waals surface area contributed by atoms with E-state index in [0.29, 0.717) is 0 Å². The lowest BCUT2D eigenvalue weighted by atomic mass is 9.77.